The van der Waals surface area contributed by atoms with E-state index in [0.717, 1.165) is 5.56 Å². The van der Waals surface area contributed by atoms with Crippen molar-refractivity contribution in [1.29, 1.82) is 0 Å². The number of carbonyl (C=O) groups excluding carboxylic acids is 1. The number of nitrogens with zero attached hydrogens (tertiary/aromatic N) is 1. The Kier molecular flexibility index (Phi) is 4.77. The molecule has 0 aliphatic carbocycles. The fourth-order valence-electron chi connectivity index (χ4n) is 1.69. The number of amides is 1. The molecule has 1 aromatic carbocycles. The SMILES string of the molecule is O=C(NCc1ccc(Cl)c(Cl)c1)c1cccnc1C(=O)O. The zero-order valence-corrected chi connectivity index (χ0v) is 12.1. The van der Waals surface area contributed by atoms with Crippen molar-refractivity contribution in [3.8, 4) is 0 Å². The molecule has 0 saturated heterocycles. The first kappa shape index (κ1) is 15.3. The molecule has 0 radical (unpaired) electrons. The third-order valence-corrected chi connectivity index (χ3v) is 3.43. The van der Waals surface area contributed by atoms with Crippen LogP contribution in [-0.2, 0) is 6.54 Å². The minimum Gasteiger partial charge on any atom is -0.476 e. The second-order valence-electron chi connectivity index (χ2n) is 4.14. The van der Waals surface area contributed by atoms with Crippen LogP contribution < -0.4 is 5.32 Å². The minimum atomic E-state index is -1.25. The van der Waals surface area contributed by atoms with Gasteiger partial charge in [-0.3, -0.25) is 4.79 Å². The number of benzene rings is 1. The highest BCUT2D eigenvalue weighted by Gasteiger charge is 2.17. The Morgan fingerprint density at radius 1 is 1.19 bits per heavy atom. The topological polar surface area (TPSA) is 79.3 Å². The van der Waals surface area contributed by atoms with Crippen molar-refractivity contribution in [2.45, 2.75) is 6.54 Å². The zero-order chi connectivity index (χ0) is 15.4. The lowest BCUT2D eigenvalue weighted by Gasteiger charge is -2.08. The van der Waals surface area contributed by atoms with Crippen LogP contribution in [0.1, 0.15) is 26.4 Å². The highest BCUT2D eigenvalue weighted by atomic mass is 35.5. The molecule has 0 bridgehead atoms. The summed E-state index contributed by atoms with van der Waals surface area (Å²) in [5, 5.41) is 12.4. The van der Waals surface area contributed by atoms with E-state index < -0.39 is 11.9 Å². The Labute approximate surface area is 130 Å². The van der Waals surface area contributed by atoms with Crippen LogP contribution in [0.3, 0.4) is 0 Å². The number of rotatable bonds is 4. The molecule has 0 atom stereocenters. The van der Waals surface area contributed by atoms with E-state index in [1.807, 2.05) is 0 Å². The van der Waals surface area contributed by atoms with Gasteiger partial charge >= 0.3 is 5.97 Å². The molecule has 5 nitrogen and oxygen atoms in total. The Morgan fingerprint density at radius 3 is 2.62 bits per heavy atom. The van der Waals surface area contributed by atoms with Gasteiger partial charge < -0.3 is 10.4 Å². The maximum absolute atomic E-state index is 12.0. The molecule has 1 amide bonds. The van der Waals surface area contributed by atoms with Gasteiger partial charge in [-0.15, -0.1) is 0 Å². The molecule has 0 spiro atoms. The highest BCUT2D eigenvalue weighted by molar-refractivity contribution is 6.42. The standard InChI is InChI=1S/C14H10Cl2N2O3/c15-10-4-3-8(6-11(10)16)7-18-13(19)9-2-1-5-17-12(9)14(20)21/h1-6H,7H2,(H,18,19)(H,20,21). The molecule has 0 fully saturated rings. The van der Waals surface area contributed by atoms with E-state index in [9.17, 15) is 9.59 Å². The lowest BCUT2D eigenvalue weighted by Crippen LogP contribution is -2.25. The van der Waals surface area contributed by atoms with Crippen molar-refractivity contribution in [1.82, 2.24) is 10.3 Å². The molecular formula is C14H10Cl2N2O3. The van der Waals surface area contributed by atoms with E-state index in [4.69, 9.17) is 28.3 Å². The summed E-state index contributed by atoms with van der Waals surface area (Å²) in [6.07, 6.45) is 1.32. The number of pyridine rings is 1. The molecular weight excluding hydrogens is 315 g/mol. The van der Waals surface area contributed by atoms with Crippen LogP contribution in [0, 0.1) is 0 Å². The normalized spacial score (nSPS) is 10.2. The first-order valence-corrected chi connectivity index (χ1v) is 6.65. The lowest BCUT2D eigenvalue weighted by atomic mass is 10.1. The monoisotopic (exact) mass is 324 g/mol. The molecule has 108 valence electrons. The average molecular weight is 325 g/mol. The molecule has 21 heavy (non-hydrogen) atoms. The Hall–Kier alpha value is -2.11. The lowest BCUT2D eigenvalue weighted by molar-refractivity contribution is 0.0684. The number of carboxylic acids is 1. The number of carboxylic acid groups (broad SMARTS) is 1. The molecule has 2 aromatic rings. The van der Waals surface area contributed by atoms with E-state index in [1.54, 1.807) is 18.2 Å². The quantitative estimate of drug-likeness (QED) is 0.906. The van der Waals surface area contributed by atoms with Crippen LogP contribution in [0.4, 0.5) is 0 Å². The van der Waals surface area contributed by atoms with Gasteiger partial charge in [0.1, 0.15) is 0 Å². The van der Waals surface area contributed by atoms with Crippen molar-refractivity contribution < 1.29 is 14.7 Å². The van der Waals surface area contributed by atoms with Crippen LogP contribution in [0.15, 0.2) is 36.5 Å². The van der Waals surface area contributed by atoms with Gasteiger partial charge in [-0.2, -0.15) is 0 Å². The van der Waals surface area contributed by atoms with Crippen molar-refractivity contribution in [2.75, 3.05) is 0 Å². The van der Waals surface area contributed by atoms with Gasteiger partial charge in [-0.25, -0.2) is 9.78 Å². The molecule has 0 saturated carbocycles. The predicted octanol–water partition coefficient (Wildman–Crippen LogP) is 3.02. The largest absolute Gasteiger partial charge is 0.476 e. The van der Waals surface area contributed by atoms with Crippen LogP contribution in [0.2, 0.25) is 10.0 Å². The number of hydrogen-bond donors (Lipinski definition) is 2. The first-order valence-electron chi connectivity index (χ1n) is 5.89. The second kappa shape index (κ2) is 6.56. The van der Waals surface area contributed by atoms with E-state index in [-0.39, 0.29) is 17.8 Å². The number of halogens is 2. The van der Waals surface area contributed by atoms with Crippen LogP contribution in [0.25, 0.3) is 0 Å². The molecule has 7 heteroatoms. The number of aromatic carboxylic acids is 1. The van der Waals surface area contributed by atoms with Gasteiger partial charge in [0, 0.05) is 12.7 Å². The van der Waals surface area contributed by atoms with Gasteiger partial charge in [0.05, 0.1) is 15.6 Å². The summed E-state index contributed by atoms with van der Waals surface area (Å²) in [5.41, 5.74) is 0.465. The van der Waals surface area contributed by atoms with Gasteiger partial charge in [0.15, 0.2) is 5.69 Å². The summed E-state index contributed by atoms with van der Waals surface area (Å²) in [6, 6.07) is 7.88. The highest BCUT2D eigenvalue weighted by Crippen LogP contribution is 2.22. The van der Waals surface area contributed by atoms with Gasteiger partial charge in [0.2, 0.25) is 0 Å². The smallest absolute Gasteiger partial charge is 0.355 e. The molecule has 0 aliphatic rings. The maximum Gasteiger partial charge on any atom is 0.355 e. The summed E-state index contributed by atoms with van der Waals surface area (Å²) >= 11 is 11.7. The summed E-state index contributed by atoms with van der Waals surface area (Å²) in [6.45, 7) is 0.198. The van der Waals surface area contributed by atoms with Crippen molar-refractivity contribution in [2.24, 2.45) is 0 Å². The molecule has 1 heterocycles. The van der Waals surface area contributed by atoms with Gasteiger partial charge in [0.25, 0.3) is 5.91 Å². The van der Waals surface area contributed by atoms with Crippen LogP contribution in [-0.4, -0.2) is 22.0 Å². The third-order valence-electron chi connectivity index (χ3n) is 2.69. The Bertz CT molecular complexity index is 704. The van der Waals surface area contributed by atoms with E-state index in [2.05, 4.69) is 10.3 Å². The minimum absolute atomic E-state index is 0.00469. The van der Waals surface area contributed by atoms with Crippen molar-refractivity contribution >= 4 is 35.1 Å². The van der Waals surface area contributed by atoms with Crippen molar-refractivity contribution in [3.63, 3.8) is 0 Å². The summed E-state index contributed by atoms with van der Waals surface area (Å²) in [7, 11) is 0. The molecule has 0 aliphatic heterocycles. The number of aromatic nitrogens is 1. The van der Waals surface area contributed by atoms with Crippen LogP contribution in [0.5, 0.6) is 0 Å². The Balaban J connectivity index is 2.12. The predicted molar refractivity (Wildman–Crippen MR) is 78.8 cm³/mol. The summed E-state index contributed by atoms with van der Waals surface area (Å²) in [4.78, 5) is 26.7. The van der Waals surface area contributed by atoms with E-state index >= 15 is 0 Å². The second-order valence-corrected chi connectivity index (χ2v) is 4.95. The van der Waals surface area contributed by atoms with E-state index in [1.165, 1.54) is 18.3 Å². The Morgan fingerprint density at radius 2 is 1.95 bits per heavy atom. The summed E-state index contributed by atoms with van der Waals surface area (Å²) in [5.74, 6) is -1.78. The first-order chi connectivity index (χ1) is 9.99. The fourth-order valence-corrected chi connectivity index (χ4v) is 2.01. The van der Waals surface area contributed by atoms with Gasteiger partial charge in [-0.1, -0.05) is 29.3 Å². The number of hydrogen-bond acceptors (Lipinski definition) is 3. The number of carbonyl (C=O) groups is 2. The summed E-state index contributed by atoms with van der Waals surface area (Å²) < 4.78 is 0. The average Bonchev–Trinajstić information content (AvgIpc) is 2.48. The number of nitrogens with one attached hydrogen (secondary N) is 1. The van der Waals surface area contributed by atoms with Crippen LogP contribution >= 0.6 is 23.2 Å². The van der Waals surface area contributed by atoms with E-state index in [0.29, 0.717) is 10.0 Å². The fraction of sp³-hybridized carbons (Fsp3) is 0.0714. The van der Waals surface area contributed by atoms with Gasteiger partial charge in [-0.05, 0) is 29.8 Å². The molecule has 0 unspecified atom stereocenters. The molecule has 1 aromatic heterocycles. The third kappa shape index (κ3) is 3.71. The molecule has 2 rings (SSSR count). The van der Waals surface area contributed by atoms with Crippen molar-refractivity contribution in [3.05, 3.63) is 63.4 Å². The maximum atomic E-state index is 12.0. The zero-order valence-electron chi connectivity index (χ0n) is 10.6. The molecule has 2 N–H and O–H groups in total.